The van der Waals surface area contributed by atoms with Crippen LogP contribution in [0.1, 0.15) is 37.7 Å². The van der Waals surface area contributed by atoms with E-state index in [1.54, 1.807) is 6.20 Å². The van der Waals surface area contributed by atoms with E-state index < -0.39 is 0 Å². The topological polar surface area (TPSA) is 55.0 Å². The molecule has 0 bridgehead atoms. The summed E-state index contributed by atoms with van der Waals surface area (Å²) in [6, 6.07) is 1.84. The number of hydrogen-bond acceptors (Lipinski definition) is 4. The third-order valence-corrected chi connectivity index (χ3v) is 3.80. The van der Waals surface area contributed by atoms with Crippen LogP contribution in [0.3, 0.4) is 0 Å². The Balaban J connectivity index is 2.08. The molecule has 18 heavy (non-hydrogen) atoms. The van der Waals surface area contributed by atoms with Gasteiger partial charge in [-0.3, -0.25) is 0 Å². The molecule has 1 aliphatic rings. The highest BCUT2D eigenvalue weighted by molar-refractivity contribution is 7.80. The molecule has 2 rings (SSSR count). The number of aromatic nitrogens is 2. The van der Waals surface area contributed by atoms with E-state index >= 15 is 0 Å². The Morgan fingerprint density at radius 1 is 1.44 bits per heavy atom. The van der Waals surface area contributed by atoms with Crippen LogP contribution in [0.5, 0.6) is 0 Å². The smallest absolute Gasteiger partial charge is 0.161 e. The molecule has 1 fully saturated rings. The lowest BCUT2D eigenvalue weighted by Crippen LogP contribution is -2.29. The first-order valence-corrected chi connectivity index (χ1v) is 6.92. The Morgan fingerprint density at radius 3 is 2.83 bits per heavy atom. The molecule has 0 spiro atoms. The molecular formula is C13H20N4S. The van der Waals surface area contributed by atoms with Crippen LogP contribution in [0.15, 0.2) is 12.3 Å². The Morgan fingerprint density at radius 2 is 2.17 bits per heavy atom. The highest BCUT2D eigenvalue weighted by Crippen LogP contribution is 2.26. The first-order valence-electron chi connectivity index (χ1n) is 6.51. The van der Waals surface area contributed by atoms with Gasteiger partial charge in [-0.15, -0.1) is 5.10 Å². The van der Waals surface area contributed by atoms with Gasteiger partial charge in [0.25, 0.3) is 0 Å². The average molecular weight is 264 g/mol. The van der Waals surface area contributed by atoms with E-state index in [-0.39, 0.29) is 0 Å². The van der Waals surface area contributed by atoms with Gasteiger partial charge in [-0.05, 0) is 24.8 Å². The van der Waals surface area contributed by atoms with Crippen molar-refractivity contribution in [2.75, 3.05) is 18.5 Å². The van der Waals surface area contributed by atoms with Crippen LogP contribution >= 0.6 is 12.2 Å². The van der Waals surface area contributed by atoms with Gasteiger partial charge in [-0.25, -0.2) is 0 Å². The van der Waals surface area contributed by atoms with Crippen molar-refractivity contribution in [3.05, 3.63) is 17.8 Å². The van der Waals surface area contributed by atoms with Crippen LogP contribution in [0.4, 0.5) is 5.82 Å². The summed E-state index contributed by atoms with van der Waals surface area (Å²) in [6.07, 6.45) is 8.33. The summed E-state index contributed by atoms with van der Waals surface area (Å²) in [5.74, 6) is 1.56. The number of thiocarbonyl (C=S) groups is 1. The molecule has 0 aromatic carbocycles. The van der Waals surface area contributed by atoms with Gasteiger partial charge in [0.1, 0.15) is 4.99 Å². The molecule has 5 heteroatoms. The molecule has 1 heterocycles. The SMILES string of the molecule is CN(CC1CCCCC1)c1nnccc1C(N)=S. The predicted molar refractivity (Wildman–Crippen MR) is 77.8 cm³/mol. The van der Waals surface area contributed by atoms with Crippen LogP contribution in [-0.2, 0) is 0 Å². The maximum atomic E-state index is 5.72. The van der Waals surface area contributed by atoms with Gasteiger partial charge in [-0.2, -0.15) is 5.10 Å². The van der Waals surface area contributed by atoms with Crippen LogP contribution in [0, 0.1) is 5.92 Å². The second-order valence-electron chi connectivity index (χ2n) is 5.02. The van der Waals surface area contributed by atoms with Gasteiger partial charge in [-0.1, -0.05) is 31.5 Å². The monoisotopic (exact) mass is 264 g/mol. The molecule has 0 aliphatic heterocycles. The minimum atomic E-state index is 0.385. The molecule has 0 radical (unpaired) electrons. The Bertz CT molecular complexity index is 415. The van der Waals surface area contributed by atoms with Crippen molar-refractivity contribution >= 4 is 23.0 Å². The molecule has 0 saturated heterocycles. The number of rotatable bonds is 4. The summed E-state index contributed by atoms with van der Waals surface area (Å²) in [7, 11) is 2.04. The zero-order valence-electron chi connectivity index (χ0n) is 10.8. The minimum Gasteiger partial charge on any atom is -0.389 e. The molecule has 1 aliphatic carbocycles. The van der Waals surface area contributed by atoms with Gasteiger partial charge in [0.05, 0.1) is 11.8 Å². The van der Waals surface area contributed by atoms with E-state index in [1.165, 1.54) is 32.1 Å². The predicted octanol–water partition coefficient (Wildman–Crippen LogP) is 2.13. The first kappa shape index (κ1) is 13.2. The summed E-state index contributed by atoms with van der Waals surface area (Å²) >= 11 is 5.06. The number of nitrogens with two attached hydrogens (primary N) is 1. The molecule has 0 amide bonds. The molecule has 1 saturated carbocycles. The van der Waals surface area contributed by atoms with Crippen molar-refractivity contribution in [2.45, 2.75) is 32.1 Å². The fourth-order valence-electron chi connectivity index (χ4n) is 2.64. The van der Waals surface area contributed by atoms with E-state index in [0.717, 1.165) is 23.8 Å². The fourth-order valence-corrected chi connectivity index (χ4v) is 2.80. The molecule has 0 atom stereocenters. The lowest BCUT2D eigenvalue weighted by atomic mass is 9.89. The van der Waals surface area contributed by atoms with E-state index in [2.05, 4.69) is 15.1 Å². The Kier molecular flexibility index (Phi) is 4.47. The standard InChI is InChI=1S/C13H20N4S/c1-17(9-10-5-3-2-4-6-10)13-11(12(14)18)7-8-15-16-13/h7-8,10H,2-6,9H2,1H3,(H2,14,18). The summed E-state index contributed by atoms with van der Waals surface area (Å²) in [5.41, 5.74) is 6.54. The van der Waals surface area contributed by atoms with Crippen LogP contribution < -0.4 is 10.6 Å². The number of anilines is 1. The van der Waals surface area contributed by atoms with Crippen molar-refractivity contribution in [2.24, 2.45) is 11.7 Å². The normalized spacial score (nSPS) is 16.5. The largest absolute Gasteiger partial charge is 0.389 e. The summed E-state index contributed by atoms with van der Waals surface area (Å²) in [4.78, 5) is 2.52. The number of hydrogen-bond donors (Lipinski definition) is 1. The third-order valence-electron chi connectivity index (χ3n) is 3.59. The maximum Gasteiger partial charge on any atom is 0.161 e. The molecule has 1 aromatic rings. The summed E-state index contributed by atoms with van der Waals surface area (Å²) in [6.45, 7) is 1.01. The Labute approximate surface area is 114 Å². The van der Waals surface area contributed by atoms with E-state index in [4.69, 9.17) is 18.0 Å². The molecule has 0 unspecified atom stereocenters. The van der Waals surface area contributed by atoms with Crippen molar-refractivity contribution in [1.82, 2.24) is 10.2 Å². The quantitative estimate of drug-likeness (QED) is 0.844. The van der Waals surface area contributed by atoms with Crippen LogP contribution in [0.25, 0.3) is 0 Å². The third kappa shape index (κ3) is 3.16. The van der Waals surface area contributed by atoms with Gasteiger partial charge < -0.3 is 10.6 Å². The fraction of sp³-hybridized carbons (Fsp3) is 0.615. The van der Waals surface area contributed by atoms with E-state index in [1.807, 2.05) is 13.1 Å². The molecular weight excluding hydrogens is 244 g/mol. The highest BCUT2D eigenvalue weighted by atomic mass is 32.1. The zero-order chi connectivity index (χ0) is 13.0. The Hall–Kier alpha value is -1.23. The molecule has 98 valence electrons. The van der Waals surface area contributed by atoms with Crippen molar-refractivity contribution in [3.63, 3.8) is 0 Å². The highest BCUT2D eigenvalue weighted by Gasteiger charge is 2.18. The lowest BCUT2D eigenvalue weighted by Gasteiger charge is -2.28. The van der Waals surface area contributed by atoms with Gasteiger partial charge in [0.15, 0.2) is 5.82 Å². The van der Waals surface area contributed by atoms with Gasteiger partial charge >= 0.3 is 0 Å². The van der Waals surface area contributed by atoms with Gasteiger partial charge in [0, 0.05) is 13.6 Å². The first-order chi connectivity index (χ1) is 8.68. The van der Waals surface area contributed by atoms with E-state index in [0.29, 0.717) is 4.99 Å². The van der Waals surface area contributed by atoms with Crippen LogP contribution in [0.2, 0.25) is 0 Å². The maximum absolute atomic E-state index is 5.72. The van der Waals surface area contributed by atoms with Gasteiger partial charge in [0.2, 0.25) is 0 Å². The van der Waals surface area contributed by atoms with E-state index in [9.17, 15) is 0 Å². The zero-order valence-corrected chi connectivity index (χ0v) is 11.6. The van der Waals surface area contributed by atoms with Crippen LogP contribution in [-0.4, -0.2) is 28.8 Å². The summed E-state index contributed by atoms with van der Waals surface area (Å²) in [5, 5.41) is 8.11. The summed E-state index contributed by atoms with van der Waals surface area (Å²) < 4.78 is 0. The average Bonchev–Trinajstić information content (AvgIpc) is 2.40. The molecule has 2 N–H and O–H groups in total. The molecule has 4 nitrogen and oxygen atoms in total. The second-order valence-corrected chi connectivity index (χ2v) is 5.46. The lowest BCUT2D eigenvalue weighted by molar-refractivity contribution is 0.361. The second kappa shape index (κ2) is 6.09. The molecule has 1 aromatic heterocycles. The number of nitrogens with zero attached hydrogens (tertiary/aromatic N) is 3. The minimum absolute atomic E-state index is 0.385. The van der Waals surface area contributed by atoms with Crippen molar-refractivity contribution in [3.8, 4) is 0 Å². The van der Waals surface area contributed by atoms with Crippen molar-refractivity contribution in [1.29, 1.82) is 0 Å². The van der Waals surface area contributed by atoms with Crippen molar-refractivity contribution < 1.29 is 0 Å².